The third-order valence-corrected chi connectivity index (χ3v) is 10.4. The number of ether oxygens (including phenoxy) is 1. The quantitative estimate of drug-likeness (QED) is 0.427. The van der Waals surface area contributed by atoms with Crippen molar-refractivity contribution in [1.29, 1.82) is 0 Å². The molecule has 0 radical (unpaired) electrons. The Labute approximate surface area is 218 Å². The normalized spacial score (nSPS) is 30.9. The molecule has 0 aromatic carbocycles. The fourth-order valence-electron chi connectivity index (χ4n) is 7.29. The molecule has 1 aliphatic carbocycles. The summed E-state index contributed by atoms with van der Waals surface area (Å²) in [6, 6.07) is 0. The number of hydrogen-bond acceptors (Lipinski definition) is 4. The summed E-state index contributed by atoms with van der Waals surface area (Å²) in [5, 5.41) is 0. The minimum atomic E-state index is 0.336. The highest BCUT2D eigenvalue weighted by molar-refractivity contribution is 4.88. The Morgan fingerprint density at radius 3 is 1.69 bits per heavy atom. The second kappa shape index (κ2) is 11.7. The molecular formula is C31H59N3O. The average Bonchev–Trinajstić information content (AvgIpc) is 2.78. The predicted molar refractivity (Wildman–Crippen MR) is 149 cm³/mol. The molecule has 4 heteroatoms. The van der Waals surface area contributed by atoms with E-state index in [0.717, 1.165) is 23.7 Å². The molecule has 0 aromatic rings. The second-order valence-electron chi connectivity index (χ2n) is 15.0. The van der Waals surface area contributed by atoms with Crippen molar-refractivity contribution >= 4 is 0 Å². The molecule has 1 atom stereocenters. The fourth-order valence-corrected chi connectivity index (χ4v) is 7.29. The zero-order valence-electron chi connectivity index (χ0n) is 24.5. The first kappa shape index (κ1) is 27.9. The monoisotopic (exact) mass is 489 g/mol. The Balaban J connectivity index is 1.05. The van der Waals surface area contributed by atoms with Gasteiger partial charge in [0.15, 0.2) is 0 Å². The van der Waals surface area contributed by atoms with Crippen LogP contribution in [0, 0.1) is 29.1 Å². The first-order chi connectivity index (χ1) is 16.5. The van der Waals surface area contributed by atoms with Gasteiger partial charge in [-0.25, -0.2) is 0 Å². The fraction of sp³-hybridized carbons (Fsp3) is 1.00. The highest BCUT2D eigenvalue weighted by atomic mass is 16.5. The molecule has 0 spiro atoms. The standard InChI is InChI=1S/C31H59N3O/c1-24(30(2,3)4)27-10-14-32(15-11-27)23-26-20-29(21-26)35-28-12-16-33(17-13-28)22-25-8-18-34(19-9-25)31(5,6)7/h24-29H,8-23H2,1-7H3. The number of rotatable bonds is 7. The van der Waals surface area contributed by atoms with Gasteiger partial charge in [-0.05, 0) is 127 Å². The molecule has 0 aromatic heterocycles. The van der Waals surface area contributed by atoms with Crippen LogP contribution in [0.3, 0.4) is 0 Å². The Morgan fingerprint density at radius 1 is 0.657 bits per heavy atom. The minimum absolute atomic E-state index is 0.336. The van der Waals surface area contributed by atoms with Crippen LogP contribution in [-0.4, -0.2) is 84.8 Å². The lowest BCUT2D eigenvalue weighted by atomic mass is 9.71. The topological polar surface area (TPSA) is 19.0 Å². The summed E-state index contributed by atoms with van der Waals surface area (Å²) in [6.07, 6.45) is 11.8. The van der Waals surface area contributed by atoms with E-state index in [0.29, 0.717) is 23.2 Å². The van der Waals surface area contributed by atoms with Crippen molar-refractivity contribution in [2.24, 2.45) is 29.1 Å². The Hall–Kier alpha value is -0.160. The lowest BCUT2D eigenvalue weighted by Crippen LogP contribution is -2.49. The van der Waals surface area contributed by atoms with E-state index >= 15 is 0 Å². The van der Waals surface area contributed by atoms with Gasteiger partial charge in [-0.3, -0.25) is 4.90 Å². The molecule has 4 nitrogen and oxygen atoms in total. The van der Waals surface area contributed by atoms with Crippen molar-refractivity contribution in [2.45, 2.75) is 118 Å². The van der Waals surface area contributed by atoms with E-state index in [9.17, 15) is 0 Å². The number of nitrogens with zero attached hydrogens (tertiary/aromatic N) is 3. The van der Waals surface area contributed by atoms with E-state index in [-0.39, 0.29) is 0 Å². The van der Waals surface area contributed by atoms with Crippen LogP contribution in [0.25, 0.3) is 0 Å². The van der Waals surface area contributed by atoms with Crippen LogP contribution in [0.15, 0.2) is 0 Å². The molecule has 0 amide bonds. The summed E-state index contributed by atoms with van der Waals surface area (Å²) in [5.41, 5.74) is 0.786. The second-order valence-corrected chi connectivity index (χ2v) is 15.0. The molecule has 1 saturated carbocycles. The van der Waals surface area contributed by atoms with Crippen LogP contribution in [0.4, 0.5) is 0 Å². The van der Waals surface area contributed by atoms with Gasteiger partial charge in [0.25, 0.3) is 0 Å². The zero-order valence-corrected chi connectivity index (χ0v) is 24.5. The highest BCUT2D eigenvalue weighted by Gasteiger charge is 2.36. The van der Waals surface area contributed by atoms with Gasteiger partial charge in [0.1, 0.15) is 0 Å². The van der Waals surface area contributed by atoms with Crippen molar-refractivity contribution in [3.63, 3.8) is 0 Å². The molecule has 0 bridgehead atoms. The summed E-state index contributed by atoms with van der Waals surface area (Å²) >= 11 is 0. The number of piperidine rings is 3. The van der Waals surface area contributed by atoms with Crippen LogP contribution in [-0.2, 0) is 4.74 Å². The number of likely N-dealkylation sites (tertiary alicyclic amines) is 3. The lowest BCUT2D eigenvalue weighted by Gasteiger charge is -2.45. The van der Waals surface area contributed by atoms with Gasteiger partial charge in [0, 0.05) is 31.7 Å². The third kappa shape index (κ3) is 7.91. The predicted octanol–water partition coefficient (Wildman–Crippen LogP) is 6.15. The van der Waals surface area contributed by atoms with Gasteiger partial charge in [-0.2, -0.15) is 0 Å². The first-order valence-electron chi connectivity index (χ1n) is 15.3. The minimum Gasteiger partial charge on any atom is -0.375 e. The molecule has 3 heterocycles. The van der Waals surface area contributed by atoms with E-state index in [4.69, 9.17) is 4.74 Å². The van der Waals surface area contributed by atoms with E-state index < -0.39 is 0 Å². The maximum atomic E-state index is 6.57. The molecule has 0 N–H and O–H groups in total. The van der Waals surface area contributed by atoms with Crippen LogP contribution in [0.2, 0.25) is 0 Å². The van der Waals surface area contributed by atoms with Crippen LogP contribution in [0.5, 0.6) is 0 Å². The van der Waals surface area contributed by atoms with Crippen molar-refractivity contribution < 1.29 is 4.74 Å². The molecule has 204 valence electrons. The summed E-state index contributed by atoms with van der Waals surface area (Å²) in [6.45, 7) is 27.2. The molecule has 3 aliphatic heterocycles. The SMILES string of the molecule is CC(C1CCN(CC2CC(OC3CCN(CC4CCN(C(C)(C)C)CC4)CC3)C2)CC1)C(C)(C)C. The number of hydrogen-bond donors (Lipinski definition) is 0. The maximum Gasteiger partial charge on any atom is 0.0603 e. The summed E-state index contributed by atoms with van der Waals surface area (Å²) in [4.78, 5) is 8.17. The van der Waals surface area contributed by atoms with E-state index in [1.165, 1.54) is 104 Å². The molecule has 1 unspecified atom stereocenters. The average molecular weight is 490 g/mol. The van der Waals surface area contributed by atoms with Crippen LogP contribution >= 0.6 is 0 Å². The van der Waals surface area contributed by atoms with Gasteiger partial charge in [-0.15, -0.1) is 0 Å². The van der Waals surface area contributed by atoms with Crippen LogP contribution in [0.1, 0.15) is 99.8 Å². The van der Waals surface area contributed by atoms with Gasteiger partial charge in [0.2, 0.25) is 0 Å². The van der Waals surface area contributed by atoms with Crippen molar-refractivity contribution in [3.05, 3.63) is 0 Å². The first-order valence-corrected chi connectivity index (χ1v) is 15.3. The van der Waals surface area contributed by atoms with Crippen molar-refractivity contribution in [2.75, 3.05) is 52.4 Å². The molecule has 3 saturated heterocycles. The third-order valence-electron chi connectivity index (χ3n) is 10.4. The van der Waals surface area contributed by atoms with Crippen molar-refractivity contribution in [3.8, 4) is 0 Å². The smallest absolute Gasteiger partial charge is 0.0603 e. The zero-order chi connectivity index (χ0) is 25.2. The molecule has 4 aliphatic rings. The lowest BCUT2D eigenvalue weighted by molar-refractivity contribution is -0.0997. The summed E-state index contributed by atoms with van der Waals surface area (Å²) in [5.74, 6) is 3.54. The van der Waals surface area contributed by atoms with E-state index in [2.05, 4.69) is 63.2 Å². The Kier molecular flexibility index (Phi) is 9.32. The Morgan fingerprint density at radius 2 is 1.17 bits per heavy atom. The van der Waals surface area contributed by atoms with Gasteiger partial charge < -0.3 is 14.5 Å². The van der Waals surface area contributed by atoms with Gasteiger partial charge >= 0.3 is 0 Å². The van der Waals surface area contributed by atoms with Crippen LogP contribution < -0.4 is 0 Å². The molecule has 4 fully saturated rings. The highest BCUT2D eigenvalue weighted by Crippen LogP contribution is 2.38. The van der Waals surface area contributed by atoms with E-state index in [1.807, 2.05) is 0 Å². The maximum absolute atomic E-state index is 6.57. The van der Waals surface area contributed by atoms with Gasteiger partial charge in [0.05, 0.1) is 12.2 Å². The largest absolute Gasteiger partial charge is 0.375 e. The summed E-state index contributed by atoms with van der Waals surface area (Å²) < 4.78 is 6.57. The molecule has 35 heavy (non-hydrogen) atoms. The Bertz CT molecular complexity index is 623. The van der Waals surface area contributed by atoms with Crippen molar-refractivity contribution in [1.82, 2.24) is 14.7 Å². The molecule has 4 rings (SSSR count). The molecular weight excluding hydrogens is 430 g/mol. The van der Waals surface area contributed by atoms with E-state index in [1.54, 1.807) is 0 Å². The summed E-state index contributed by atoms with van der Waals surface area (Å²) in [7, 11) is 0. The van der Waals surface area contributed by atoms with Gasteiger partial charge in [-0.1, -0.05) is 27.7 Å².